The second kappa shape index (κ2) is 8.34. The minimum absolute atomic E-state index is 0.772. The zero-order valence-electron chi connectivity index (χ0n) is 15.1. The van der Waals surface area contributed by atoms with Crippen molar-refractivity contribution in [2.75, 3.05) is 66.5 Å². The molecule has 5 heteroatoms. The molecule has 0 amide bonds. The molecule has 3 aliphatic heterocycles. The Morgan fingerprint density at radius 3 is 2.57 bits per heavy atom. The van der Waals surface area contributed by atoms with Crippen LogP contribution < -0.4 is 5.32 Å². The molecule has 0 radical (unpaired) electrons. The molecule has 0 aromatic carbocycles. The van der Waals surface area contributed by atoms with E-state index < -0.39 is 0 Å². The van der Waals surface area contributed by atoms with Crippen molar-refractivity contribution in [3.8, 4) is 0 Å². The molecule has 3 fully saturated rings. The molecule has 0 aromatic heterocycles. The van der Waals surface area contributed by atoms with Crippen molar-refractivity contribution in [3.63, 3.8) is 0 Å². The standard InChI is InChI=1S/C18H35N5/c1-19-18(20-12-16-6-5-8-21(2)13-16)23-11-7-17(15-23)14-22-9-3-4-10-22/h16-17H,3-15H2,1-2H3,(H,19,20). The zero-order chi connectivity index (χ0) is 16.1. The van der Waals surface area contributed by atoms with Gasteiger partial charge in [-0.2, -0.15) is 0 Å². The van der Waals surface area contributed by atoms with Crippen LogP contribution in [0.3, 0.4) is 0 Å². The first-order valence-corrected chi connectivity index (χ1v) is 9.61. The summed E-state index contributed by atoms with van der Waals surface area (Å²) in [4.78, 5) is 12.1. The SMILES string of the molecule is CN=C(NCC1CCCN(C)C1)N1CCC(CN2CCCC2)C1. The van der Waals surface area contributed by atoms with Crippen LogP contribution in [0.1, 0.15) is 32.1 Å². The highest BCUT2D eigenvalue weighted by atomic mass is 15.3. The van der Waals surface area contributed by atoms with Crippen LogP contribution in [0.5, 0.6) is 0 Å². The molecule has 23 heavy (non-hydrogen) atoms. The monoisotopic (exact) mass is 321 g/mol. The molecule has 3 rings (SSSR count). The summed E-state index contributed by atoms with van der Waals surface area (Å²) in [6, 6.07) is 0. The molecule has 5 nitrogen and oxygen atoms in total. The van der Waals surface area contributed by atoms with Gasteiger partial charge in [-0.15, -0.1) is 0 Å². The second-order valence-electron chi connectivity index (χ2n) is 7.81. The third-order valence-electron chi connectivity index (χ3n) is 5.78. The normalized spacial score (nSPS) is 31.0. The molecule has 0 aromatic rings. The van der Waals surface area contributed by atoms with E-state index in [9.17, 15) is 0 Å². The van der Waals surface area contributed by atoms with Crippen LogP contribution in [-0.2, 0) is 0 Å². The van der Waals surface area contributed by atoms with Gasteiger partial charge >= 0.3 is 0 Å². The number of piperidine rings is 1. The van der Waals surface area contributed by atoms with Crippen LogP contribution >= 0.6 is 0 Å². The number of aliphatic imine (C=N–C) groups is 1. The lowest BCUT2D eigenvalue weighted by molar-refractivity contribution is 0.209. The minimum atomic E-state index is 0.772. The lowest BCUT2D eigenvalue weighted by Crippen LogP contribution is -2.45. The quantitative estimate of drug-likeness (QED) is 0.626. The Hall–Kier alpha value is -0.810. The van der Waals surface area contributed by atoms with E-state index in [0.717, 1.165) is 24.3 Å². The summed E-state index contributed by atoms with van der Waals surface area (Å²) in [5.74, 6) is 2.73. The highest BCUT2D eigenvalue weighted by Crippen LogP contribution is 2.20. The summed E-state index contributed by atoms with van der Waals surface area (Å²) in [7, 11) is 4.17. The van der Waals surface area contributed by atoms with Gasteiger partial charge in [-0.05, 0) is 70.6 Å². The van der Waals surface area contributed by atoms with Gasteiger partial charge in [0.05, 0.1) is 0 Å². The molecule has 132 valence electrons. The van der Waals surface area contributed by atoms with Gasteiger partial charge in [-0.25, -0.2) is 0 Å². The summed E-state index contributed by atoms with van der Waals surface area (Å²) >= 11 is 0. The van der Waals surface area contributed by atoms with Crippen molar-refractivity contribution < 1.29 is 0 Å². The predicted octanol–water partition coefficient (Wildman–Crippen LogP) is 1.32. The number of likely N-dealkylation sites (tertiary alicyclic amines) is 3. The van der Waals surface area contributed by atoms with Gasteiger partial charge in [0.2, 0.25) is 0 Å². The summed E-state index contributed by atoms with van der Waals surface area (Å²) in [6.07, 6.45) is 6.81. The Morgan fingerprint density at radius 1 is 1.00 bits per heavy atom. The van der Waals surface area contributed by atoms with E-state index in [0.29, 0.717) is 0 Å². The fraction of sp³-hybridized carbons (Fsp3) is 0.944. The van der Waals surface area contributed by atoms with Crippen LogP contribution in [0.15, 0.2) is 4.99 Å². The number of rotatable bonds is 4. The molecule has 0 bridgehead atoms. The van der Waals surface area contributed by atoms with Gasteiger partial charge in [0.15, 0.2) is 5.96 Å². The first kappa shape index (κ1) is 17.0. The zero-order valence-corrected chi connectivity index (χ0v) is 15.1. The number of hydrogen-bond donors (Lipinski definition) is 1. The Morgan fingerprint density at radius 2 is 1.83 bits per heavy atom. The number of nitrogens with one attached hydrogen (secondary N) is 1. The highest BCUT2D eigenvalue weighted by Gasteiger charge is 2.27. The average Bonchev–Trinajstić information content (AvgIpc) is 3.21. The van der Waals surface area contributed by atoms with Crippen molar-refractivity contribution >= 4 is 5.96 Å². The smallest absolute Gasteiger partial charge is 0.193 e. The van der Waals surface area contributed by atoms with E-state index in [1.807, 2.05) is 7.05 Å². The molecular formula is C18H35N5. The third kappa shape index (κ3) is 4.83. The highest BCUT2D eigenvalue weighted by molar-refractivity contribution is 5.80. The molecule has 2 unspecified atom stereocenters. The first-order valence-electron chi connectivity index (χ1n) is 9.61. The molecule has 3 aliphatic rings. The second-order valence-corrected chi connectivity index (χ2v) is 7.81. The van der Waals surface area contributed by atoms with Crippen molar-refractivity contribution in [2.45, 2.75) is 32.1 Å². The summed E-state index contributed by atoms with van der Waals surface area (Å²) in [5, 5.41) is 3.65. The number of nitrogens with zero attached hydrogens (tertiary/aromatic N) is 4. The molecule has 0 aliphatic carbocycles. The van der Waals surface area contributed by atoms with Gasteiger partial charge in [-0.1, -0.05) is 0 Å². The maximum atomic E-state index is 4.54. The van der Waals surface area contributed by atoms with Crippen LogP contribution in [0.2, 0.25) is 0 Å². The summed E-state index contributed by atoms with van der Waals surface area (Å²) in [5.41, 5.74) is 0. The number of hydrogen-bond acceptors (Lipinski definition) is 3. The fourth-order valence-corrected chi connectivity index (χ4v) is 4.51. The average molecular weight is 322 g/mol. The predicted molar refractivity (Wildman–Crippen MR) is 96.9 cm³/mol. The van der Waals surface area contributed by atoms with Crippen LogP contribution in [0, 0.1) is 11.8 Å². The van der Waals surface area contributed by atoms with E-state index in [4.69, 9.17) is 0 Å². The Balaban J connectivity index is 1.41. The van der Waals surface area contributed by atoms with Crippen LogP contribution in [-0.4, -0.2) is 87.1 Å². The molecule has 0 spiro atoms. The summed E-state index contributed by atoms with van der Waals surface area (Å²) in [6.45, 7) is 9.84. The van der Waals surface area contributed by atoms with E-state index in [2.05, 4.69) is 32.1 Å². The van der Waals surface area contributed by atoms with Crippen LogP contribution in [0.4, 0.5) is 0 Å². The van der Waals surface area contributed by atoms with Crippen molar-refractivity contribution in [3.05, 3.63) is 0 Å². The van der Waals surface area contributed by atoms with Gasteiger partial charge in [0.25, 0.3) is 0 Å². The lowest BCUT2D eigenvalue weighted by atomic mass is 9.99. The minimum Gasteiger partial charge on any atom is -0.356 e. The van der Waals surface area contributed by atoms with Crippen molar-refractivity contribution in [1.29, 1.82) is 0 Å². The molecule has 3 saturated heterocycles. The van der Waals surface area contributed by atoms with Crippen molar-refractivity contribution in [2.24, 2.45) is 16.8 Å². The van der Waals surface area contributed by atoms with Gasteiger partial charge in [0, 0.05) is 39.8 Å². The topological polar surface area (TPSA) is 34.1 Å². The Bertz CT molecular complexity index is 391. The maximum Gasteiger partial charge on any atom is 0.193 e. The number of guanidine groups is 1. The molecule has 1 N–H and O–H groups in total. The van der Waals surface area contributed by atoms with Gasteiger partial charge < -0.3 is 20.0 Å². The molecule has 0 saturated carbocycles. The maximum absolute atomic E-state index is 4.54. The van der Waals surface area contributed by atoms with Gasteiger partial charge in [-0.3, -0.25) is 4.99 Å². The Labute approximate surface area is 142 Å². The molecular weight excluding hydrogens is 286 g/mol. The third-order valence-corrected chi connectivity index (χ3v) is 5.78. The molecule has 3 heterocycles. The van der Waals surface area contributed by atoms with Crippen molar-refractivity contribution in [1.82, 2.24) is 20.0 Å². The van der Waals surface area contributed by atoms with Gasteiger partial charge in [0.1, 0.15) is 0 Å². The first-order chi connectivity index (χ1) is 11.2. The largest absolute Gasteiger partial charge is 0.356 e. The van der Waals surface area contributed by atoms with E-state index in [-0.39, 0.29) is 0 Å². The van der Waals surface area contributed by atoms with E-state index >= 15 is 0 Å². The molecule has 2 atom stereocenters. The lowest BCUT2D eigenvalue weighted by Gasteiger charge is -2.31. The Kier molecular flexibility index (Phi) is 6.17. The fourth-order valence-electron chi connectivity index (χ4n) is 4.51. The van der Waals surface area contributed by atoms with Crippen LogP contribution in [0.25, 0.3) is 0 Å². The van der Waals surface area contributed by atoms with E-state index in [1.165, 1.54) is 77.9 Å². The van der Waals surface area contributed by atoms with E-state index in [1.54, 1.807) is 0 Å². The summed E-state index contributed by atoms with van der Waals surface area (Å²) < 4.78 is 0.